The van der Waals surface area contributed by atoms with E-state index in [0.717, 1.165) is 31.6 Å². The highest BCUT2D eigenvalue weighted by molar-refractivity contribution is 5.89. The van der Waals surface area contributed by atoms with E-state index in [-0.39, 0.29) is 12.2 Å². The number of aryl methyl sites for hydroxylation is 1. The number of hydrogen-bond donors (Lipinski definition) is 2. The smallest absolute Gasteiger partial charge is 0.337 e. The van der Waals surface area contributed by atoms with Gasteiger partial charge in [-0.2, -0.15) is 0 Å². The van der Waals surface area contributed by atoms with Crippen LogP contribution in [0.25, 0.3) is 0 Å². The molecule has 0 bridgehead atoms. The maximum Gasteiger partial charge on any atom is 0.337 e. The normalized spacial score (nSPS) is 19.5. The number of piperidine rings is 1. The van der Waals surface area contributed by atoms with Crippen molar-refractivity contribution in [2.75, 3.05) is 18.1 Å². The predicted molar refractivity (Wildman–Crippen MR) is 72.6 cm³/mol. The van der Waals surface area contributed by atoms with Crippen LogP contribution < -0.4 is 4.90 Å². The van der Waals surface area contributed by atoms with E-state index >= 15 is 0 Å². The molecule has 1 aliphatic rings. The molecule has 1 aromatic rings. The maximum atomic E-state index is 11.0. The monoisotopic (exact) mass is 264 g/mol. The van der Waals surface area contributed by atoms with Crippen LogP contribution in [0.1, 0.15) is 41.7 Å². The zero-order valence-corrected chi connectivity index (χ0v) is 11.2. The lowest BCUT2D eigenvalue weighted by molar-refractivity contribution is 0.0695. The molecule has 0 radical (unpaired) electrons. The van der Waals surface area contributed by atoms with Crippen LogP contribution >= 0.6 is 0 Å². The van der Waals surface area contributed by atoms with Crippen molar-refractivity contribution in [1.82, 2.24) is 4.98 Å². The number of carboxylic acid groups (broad SMARTS) is 1. The number of aliphatic hydroxyl groups is 1. The van der Waals surface area contributed by atoms with E-state index in [0.29, 0.717) is 11.7 Å². The molecule has 1 saturated heterocycles. The van der Waals surface area contributed by atoms with Crippen LogP contribution in [0.15, 0.2) is 12.1 Å². The molecule has 0 amide bonds. The number of rotatable bonds is 4. The fourth-order valence-corrected chi connectivity index (χ4v) is 2.69. The zero-order chi connectivity index (χ0) is 13.8. The summed E-state index contributed by atoms with van der Waals surface area (Å²) < 4.78 is 0. The van der Waals surface area contributed by atoms with E-state index in [1.165, 1.54) is 6.42 Å². The van der Waals surface area contributed by atoms with Gasteiger partial charge in [0.25, 0.3) is 0 Å². The Kier molecular flexibility index (Phi) is 4.37. The summed E-state index contributed by atoms with van der Waals surface area (Å²) in [5, 5.41) is 18.1. The summed E-state index contributed by atoms with van der Waals surface area (Å²) in [6, 6.07) is 3.69. The minimum absolute atomic E-state index is 0.174. The highest BCUT2D eigenvalue weighted by atomic mass is 16.4. The Morgan fingerprint density at radius 2 is 2.26 bits per heavy atom. The quantitative estimate of drug-likeness (QED) is 0.868. The number of nitrogens with zero attached hydrogens (tertiary/aromatic N) is 2. The highest BCUT2D eigenvalue weighted by Crippen LogP contribution is 2.25. The first-order valence-electron chi connectivity index (χ1n) is 6.72. The molecule has 0 aromatic carbocycles. The summed E-state index contributed by atoms with van der Waals surface area (Å²) in [5.41, 5.74) is 0.790. The number of pyridine rings is 1. The summed E-state index contributed by atoms with van der Waals surface area (Å²) in [4.78, 5) is 17.6. The second kappa shape index (κ2) is 6.02. The lowest BCUT2D eigenvalue weighted by atomic mass is 9.99. The van der Waals surface area contributed by atoms with Gasteiger partial charge in [0.1, 0.15) is 5.82 Å². The van der Waals surface area contributed by atoms with Crippen molar-refractivity contribution in [1.29, 1.82) is 0 Å². The van der Waals surface area contributed by atoms with Crippen molar-refractivity contribution in [2.24, 2.45) is 0 Å². The van der Waals surface area contributed by atoms with Gasteiger partial charge in [0.2, 0.25) is 0 Å². The van der Waals surface area contributed by atoms with E-state index in [4.69, 9.17) is 10.2 Å². The maximum absolute atomic E-state index is 11.0. The molecule has 104 valence electrons. The van der Waals surface area contributed by atoms with Crippen LogP contribution in [0, 0.1) is 6.92 Å². The zero-order valence-electron chi connectivity index (χ0n) is 11.2. The number of carboxylic acids is 1. The summed E-state index contributed by atoms with van der Waals surface area (Å²) >= 11 is 0. The van der Waals surface area contributed by atoms with Crippen LogP contribution in [0.4, 0.5) is 5.82 Å². The van der Waals surface area contributed by atoms with Gasteiger partial charge in [0.15, 0.2) is 0 Å². The second-order valence-electron chi connectivity index (χ2n) is 4.96. The molecular formula is C14H20N2O3. The van der Waals surface area contributed by atoms with Crippen LogP contribution in [-0.4, -0.2) is 40.4 Å². The first kappa shape index (κ1) is 13.8. The van der Waals surface area contributed by atoms with E-state index in [9.17, 15) is 4.79 Å². The Balaban J connectivity index is 2.24. The molecule has 5 nitrogen and oxygen atoms in total. The van der Waals surface area contributed by atoms with E-state index in [1.54, 1.807) is 19.1 Å². The Bertz CT molecular complexity index is 460. The summed E-state index contributed by atoms with van der Waals surface area (Å²) in [6.07, 6.45) is 4.08. The van der Waals surface area contributed by atoms with Crippen molar-refractivity contribution in [3.63, 3.8) is 0 Å². The van der Waals surface area contributed by atoms with Crippen molar-refractivity contribution < 1.29 is 15.0 Å². The molecule has 1 aromatic heterocycles. The molecule has 0 saturated carbocycles. The summed E-state index contributed by atoms with van der Waals surface area (Å²) in [6.45, 7) is 2.81. The van der Waals surface area contributed by atoms with Gasteiger partial charge in [-0.3, -0.25) is 0 Å². The third-order valence-electron chi connectivity index (χ3n) is 3.69. The molecule has 5 heteroatoms. The average molecular weight is 264 g/mol. The van der Waals surface area contributed by atoms with Gasteiger partial charge >= 0.3 is 5.97 Å². The lowest BCUT2D eigenvalue weighted by Crippen LogP contribution is -2.40. The molecule has 2 N–H and O–H groups in total. The number of anilines is 1. The van der Waals surface area contributed by atoms with Crippen LogP contribution in [-0.2, 0) is 0 Å². The first-order valence-corrected chi connectivity index (χ1v) is 6.72. The number of carbonyl (C=O) groups is 1. The number of aromatic carboxylic acids is 1. The topological polar surface area (TPSA) is 73.7 Å². The number of aliphatic hydroxyl groups excluding tert-OH is 1. The fourth-order valence-electron chi connectivity index (χ4n) is 2.69. The van der Waals surface area contributed by atoms with Crippen LogP contribution in [0.2, 0.25) is 0 Å². The molecule has 19 heavy (non-hydrogen) atoms. The third kappa shape index (κ3) is 3.04. The van der Waals surface area contributed by atoms with Crippen molar-refractivity contribution in [3.8, 4) is 0 Å². The molecule has 1 fully saturated rings. The molecule has 1 unspecified atom stereocenters. The van der Waals surface area contributed by atoms with Gasteiger partial charge in [0, 0.05) is 19.2 Å². The number of aromatic nitrogens is 1. The SMILES string of the molecule is Cc1nc(N2CCCCC2CCO)ccc1C(=O)O. The number of hydrogen-bond acceptors (Lipinski definition) is 4. The van der Waals surface area contributed by atoms with E-state index < -0.39 is 5.97 Å². The molecule has 1 aliphatic heterocycles. The van der Waals surface area contributed by atoms with Crippen molar-refractivity contribution >= 4 is 11.8 Å². The van der Waals surface area contributed by atoms with Crippen molar-refractivity contribution in [3.05, 3.63) is 23.4 Å². The molecular weight excluding hydrogens is 244 g/mol. The Hall–Kier alpha value is -1.62. The van der Waals surface area contributed by atoms with E-state index in [2.05, 4.69) is 9.88 Å². The van der Waals surface area contributed by atoms with Crippen molar-refractivity contribution in [2.45, 2.75) is 38.6 Å². The van der Waals surface area contributed by atoms with E-state index in [1.807, 2.05) is 0 Å². The molecule has 1 atom stereocenters. The van der Waals surface area contributed by atoms with Gasteiger partial charge in [-0.15, -0.1) is 0 Å². The average Bonchev–Trinajstić information content (AvgIpc) is 2.39. The fraction of sp³-hybridized carbons (Fsp3) is 0.571. The first-order chi connectivity index (χ1) is 9.13. The summed E-state index contributed by atoms with van der Waals surface area (Å²) in [7, 11) is 0. The third-order valence-corrected chi connectivity index (χ3v) is 3.69. The predicted octanol–water partition coefficient (Wildman–Crippen LogP) is 1.83. The van der Waals surface area contributed by atoms with Gasteiger partial charge in [-0.1, -0.05) is 0 Å². The van der Waals surface area contributed by atoms with Crippen LogP contribution in [0.5, 0.6) is 0 Å². The Labute approximate surface area is 112 Å². The largest absolute Gasteiger partial charge is 0.478 e. The molecule has 0 aliphatic carbocycles. The Morgan fingerprint density at radius 3 is 2.89 bits per heavy atom. The molecule has 2 heterocycles. The summed E-state index contributed by atoms with van der Waals surface area (Å²) in [5.74, 6) is -0.122. The lowest BCUT2D eigenvalue weighted by Gasteiger charge is -2.36. The van der Waals surface area contributed by atoms with Gasteiger partial charge in [-0.25, -0.2) is 9.78 Å². The minimum atomic E-state index is -0.942. The van der Waals surface area contributed by atoms with Gasteiger partial charge in [-0.05, 0) is 44.7 Å². The minimum Gasteiger partial charge on any atom is -0.478 e. The van der Waals surface area contributed by atoms with Gasteiger partial charge < -0.3 is 15.1 Å². The van der Waals surface area contributed by atoms with Crippen LogP contribution in [0.3, 0.4) is 0 Å². The second-order valence-corrected chi connectivity index (χ2v) is 4.96. The standard InChI is InChI=1S/C14H20N2O3/c1-10-12(14(18)19)5-6-13(15-10)16-8-3-2-4-11(16)7-9-17/h5-6,11,17H,2-4,7-9H2,1H3,(H,18,19). The molecule has 2 rings (SSSR count). The highest BCUT2D eigenvalue weighted by Gasteiger charge is 2.23. The molecule has 0 spiro atoms. The van der Waals surface area contributed by atoms with Gasteiger partial charge in [0.05, 0.1) is 11.3 Å². The Morgan fingerprint density at radius 1 is 1.47 bits per heavy atom.